The first-order valence-electron chi connectivity index (χ1n) is 8.42. The lowest BCUT2D eigenvalue weighted by Crippen LogP contribution is -2.25. The lowest BCUT2D eigenvalue weighted by Gasteiger charge is -2.16. The summed E-state index contributed by atoms with van der Waals surface area (Å²) in [5.41, 5.74) is 2.81. The molecule has 0 amide bonds. The molecule has 0 unspecified atom stereocenters. The molecule has 132 valence electrons. The second kappa shape index (κ2) is 8.72. The number of esters is 1. The van der Waals surface area contributed by atoms with Gasteiger partial charge in [-0.15, -0.1) is 0 Å². The molecule has 3 nitrogen and oxygen atoms in total. The third kappa shape index (κ3) is 7.03. The number of benzene rings is 1. The number of carbonyl (C=O) groups excluding carboxylic acids is 1. The van der Waals surface area contributed by atoms with Crippen molar-refractivity contribution >= 4 is 5.97 Å². The topological polar surface area (TPSA) is 46.5 Å². The molecule has 0 aliphatic carbocycles. The smallest absolute Gasteiger partial charge is 0.316 e. The van der Waals surface area contributed by atoms with Crippen LogP contribution < -0.4 is 4.74 Å². The van der Waals surface area contributed by atoms with Gasteiger partial charge in [0.05, 0.1) is 5.41 Å². The summed E-state index contributed by atoms with van der Waals surface area (Å²) in [6, 6.07) is 4.93. The molecule has 0 heterocycles. The molecule has 1 N–H and O–H groups in total. The van der Waals surface area contributed by atoms with Gasteiger partial charge in [-0.25, -0.2) is 0 Å². The van der Waals surface area contributed by atoms with Crippen molar-refractivity contribution in [2.75, 3.05) is 0 Å². The highest BCUT2D eigenvalue weighted by atomic mass is 16.5. The summed E-state index contributed by atoms with van der Waals surface area (Å²) in [4.78, 5) is 12.0. The maximum absolute atomic E-state index is 12.0. The first-order valence-corrected chi connectivity index (χ1v) is 8.42. The van der Waals surface area contributed by atoms with Gasteiger partial charge in [-0.05, 0) is 79.0 Å². The van der Waals surface area contributed by atoms with Gasteiger partial charge < -0.3 is 9.84 Å². The summed E-state index contributed by atoms with van der Waals surface area (Å²) in [7, 11) is 0. The average Bonchev–Trinajstić information content (AvgIpc) is 2.46. The Morgan fingerprint density at radius 3 is 2.42 bits per heavy atom. The fourth-order valence-electron chi connectivity index (χ4n) is 2.02. The van der Waals surface area contributed by atoms with Gasteiger partial charge in [-0.1, -0.05) is 23.3 Å². The predicted molar refractivity (Wildman–Crippen MR) is 99.3 cm³/mol. The summed E-state index contributed by atoms with van der Waals surface area (Å²) in [6.45, 7) is 11.7. The normalized spacial score (nSPS) is 12.0. The first-order chi connectivity index (χ1) is 11.1. The van der Waals surface area contributed by atoms with Crippen molar-refractivity contribution in [1.82, 2.24) is 0 Å². The molecule has 0 saturated heterocycles. The number of phenols is 1. The summed E-state index contributed by atoms with van der Waals surface area (Å²) < 4.78 is 5.39. The number of phenolic OH excluding ortho intramolecular Hbond substituents is 1. The van der Waals surface area contributed by atoms with E-state index >= 15 is 0 Å². The minimum atomic E-state index is -0.556. The highest BCUT2D eigenvalue weighted by molar-refractivity contribution is 5.77. The maximum atomic E-state index is 12.0. The van der Waals surface area contributed by atoms with Crippen LogP contribution in [0.1, 0.15) is 59.9 Å². The van der Waals surface area contributed by atoms with Crippen molar-refractivity contribution in [3.05, 3.63) is 47.1 Å². The quantitative estimate of drug-likeness (QED) is 0.421. The maximum Gasteiger partial charge on any atom is 0.316 e. The summed E-state index contributed by atoms with van der Waals surface area (Å²) in [5.74, 6) is 0.407. The lowest BCUT2D eigenvalue weighted by molar-refractivity contribution is -0.143. The van der Waals surface area contributed by atoms with E-state index in [4.69, 9.17) is 4.74 Å². The number of hydrogen-bond donors (Lipinski definition) is 1. The van der Waals surface area contributed by atoms with E-state index < -0.39 is 5.41 Å². The fourth-order valence-corrected chi connectivity index (χ4v) is 2.02. The number of carbonyl (C=O) groups is 1. The number of rotatable bonds is 6. The molecule has 0 radical (unpaired) electrons. The van der Waals surface area contributed by atoms with Crippen LogP contribution in [0.2, 0.25) is 0 Å². The zero-order chi connectivity index (χ0) is 18.3. The van der Waals surface area contributed by atoms with Crippen LogP contribution in [-0.4, -0.2) is 11.1 Å². The van der Waals surface area contributed by atoms with E-state index in [1.54, 1.807) is 18.2 Å². The van der Waals surface area contributed by atoms with Crippen molar-refractivity contribution < 1.29 is 14.6 Å². The Hall–Kier alpha value is -2.03. The van der Waals surface area contributed by atoms with Crippen molar-refractivity contribution in [3.8, 4) is 11.5 Å². The van der Waals surface area contributed by atoms with E-state index in [0.29, 0.717) is 12.2 Å². The zero-order valence-corrected chi connectivity index (χ0v) is 15.8. The zero-order valence-electron chi connectivity index (χ0n) is 15.8. The van der Waals surface area contributed by atoms with Crippen LogP contribution in [0.3, 0.4) is 0 Å². The van der Waals surface area contributed by atoms with Gasteiger partial charge in [0, 0.05) is 5.56 Å². The molecule has 0 aromatic heterocycles. The number of hydrogen-bond acceptors (Lipinski definition) is 3. The molecular formula is C21H30O3. The molecule has 0 saturated carbocycles. The van der Waals surface area contributed by atoms with E-state index in [1.165, 1.54) is 11.1 Å². The van der Waals surface area contributed by atoms with Crippen LogP contribution >= 0.6 is 0 Å². The minimum absolute atomic E-state index is 0.221. The highest BCUT2D eigenvalue weighted by Crippen LogP contribution is 2.26. The van der Waals surface area contributed by atoms with E-state index in [9.17, 15) is 9.90 Å². The molecule has 0 aliphatic heterocycles. The summed E-state index contributed by atoms with van der Waals surface area (Å²) in [5, 5.41) is 10.0. The molecule has 0 spiro atoms. The van der Waals surface area contributed by atoms with E-state index in [1.807, 2.05) is 20.8 Å². The second-order valence-electron chi connectivity index (χ2n) is 7.50. The third-order valence-electron chi connectivity index (χ3n) is 3.64. The molecule has 0 bridgehead atoms. The summed E-state index contributed by atoms with van der Waals surface area (Å²) >= 11 is 0. The molecule has 1 aromatic rings. The molecular weight excluding hydrogens is 300 g/mol. The second-order valence-corrected chi connectivity index (χ2v) is 7.50. The van der Waals surface area contributed by atoms with Gasteiger partial charge in [0.15, 0.2) is 0 Å². The monoisotopic (exact) mass is 330 g/mol. The van der Waals surface area contributed by atoms with Gasteiger partial charge in [0.2, 0.25) is 0 Å². The van der Waals surface area contributed by atoms with Gasteiger partial charge in [0.1, 0.15) is 11.5 Å². The van der Waals surface area contributed by atoms with Crippen LogP contribution in [0, 0.1) is 5.41 Å². The van der Waals surface area contributed by atoms with Crippen LogP contribution in [0.15, 0.2) is 41.5 Å². The number of aromatic hydroxyl groups is 1. The molecule has 0 fully saturated rings. The molecule has 0 aliphatic rings. The Kier molecular flexibility index (Phi) is 7.27. The number of ether oxygens (including phenoxy) is 1. The Morgan fingerprint density at radius 2 is 1.83 bits per heavy atom. The Balaban J connectivity index is 2.76. The van der Waals surface area contributed by atoms with Crippen LogP contribution in [0.4, 0.5) is 0 Å². The van der Waals surface area contributed by atoms with E-state index in [2.05, 4.69) is 32.9 Å². The van der Waals surface area contributed by atoms with Crippen LogP contribution in [-0.2, 0) is 11.2 Å². The molecule has 0 atom stereocenters. The Labute approximate surface area is 146 Å². The van der Waals surface area contributed by atoms with Gasteiger partial charge in [-0.3, -0.25) is 4.79 Å². The average molecular weight is 330 g/mol. The van der Waals surface area contributed by atoms with E-state index in [0.717, 1.165) is 18.4 Å². The van der Waals surface area contributed by atoms with Gasteiger partial charge in [-0.2, -0.15) is 0 Å². The van der Waals surface area contributed by atoms with Gasteiger partial charge >= 0.3 is 5.97 Å². The molecule has 24 heavy (non-hydrogen) atoms. The first kappa shape index (κ1) is 20.0. The number of allylic oxidation sites excluding steroid dienone is 4. The van der Waals surface area contributed by atoms with Crippen molar-refractivity contribution in [2.45, 2.75) is 60.8 Å². The lowest BCUT2D eigenvalue weighted by atomic mass is 9.97. The minimum Gasteiger partial charge on any atom is -0.508 e. The van der Waals surface area contributed by atoms with E-state index in [-0.39, 0.29) is 11.7 Å². The predicted octanol–water partition coefficient (Wildman–Crippen LogP) is 5.58. The summed E-state index contributed by atoms with van der Waals surface area (Å²) in [6.07, 6.45) is 6.99. The van der Waals surface area contributed by atoms with Gasteiger partial charge in [0.25, 0.3) is 0 Å². The largest absolute Gasteiger partial charge is 0.508 e. The Bertz CT molecular complexity index is 627. The molecule has 3 heteroatoms. The molecule has 1 rings (SSSR count). The van der Waals surface area contributed by atoms with Crippen LogP contribution in [0.25, 0.3) is 0 Å². The van der Waals surface area contributed by atoms with Crippen LogP contribution in [0.5, 0.6) is 11.5 Å². The van der Waals surface area contributed by atoms with Crippen molar-refractivity contribution in [2.24, 2.45) is 5.41 Å². The van der Waals surface area contributed by atoms with Crippen molar-refractivity contribution in [1.29, 1.82) is 0 Å². The standard InChI is InChI=1S/C21H30O3/c1-15(2)8-7-9-16(3)10-11-17-14-18(12-13-19(17)22)24-20(23)21(4,5)6/h8,10,12-14,22H,7,9,11H2,1-6H3/b16-10+. The SMILES string of the molecule is CC(C)=CCC/C(C)=C/Cc1cc(OC(=O)C(C)(C)C)ccc1O. The molecule has 1 aromatic carbocycles. The van der Waals surface area contributed by atoms with Crippen molar-refractivity contribution in [3.63, 3.8) is 0 Å². The third-order valence-corrected chi connectivity index (χ3v) is 3.64. The fraction of sp³-hybridized carbons (Fsp3) is 0.476. The Morgan fingerprint density at radius 1 is 1.17 bits per heavy atom. The highest BCUT2D eigenvalue weighted by Gasteiger charge is 2.23.